The van der Waals surface area contributed by atoms with E-state index in [2.05, 4.69) is 22.0 Å². The topological polar surface area (TPSA) is 78.6 Å². The van der Waals surface area contributed by atoms with Crippen molar-refractivity contribution < 1.29 is 14.4 Å². The van der Waals surface area contributed by atoms with Crippen molar-refractivity contribution in [2.75, 3.05) is 23.4 Å². The normalized spacial score (nSPS) is 17.1. The SMILES string of the molecule is C=C(CO)c1cc(NC(=O)[C@@H]2CCCN2c2ccc(Cl)cc2)no1. The summed E-state index contributed by atoms with van der Waals surface area (Å²) in [7, 11) is 0. The number of nitrogens with one attached hydrogen (secondary N) is 1. The fourth-order valence-electron chi connectivity index (χ4n) is 2.77. The van der Waals surface area contributed by atoms with Crippen LogP contribution in [0.2, 0.25) is 5.02 Å². The molecule has 24 heavy (non-hydrogen) atoms. The fraction of sp³-hybridized carbons (Fsp3) is 0.294. The van der Waals surface area contributed by atoms with Gasteiger partial charge in [-0.3, -0.25) is 4.79 Å². The van der Waals surface area contributed by atoms with E-state index in [1.54, 1.807) is 6.07 Å². The lowest BCUT2D eigenvalue weighted by Gasteiger charge is -2.25. The summed E-state index contributed by atoms with van der Waals surface area (Å²) in [6.07, 6.45) is 1.70. The Bertz CT molecular complexity index is 742. The van der Waals surface area contributed by atoms with Crippen LogP contribution < -0.4 is 10.2 Å². The molecule has 2 N–H and O–H groups in total. The van der Waals surface area contributed by atoms with Crippen LogP contribution in [-0.4, -0.2) is 35.4 Å². The Balaban J connectivity index is 1.70. The maximum atomic E-state index is 12.6. The van der Waals surface area contributed by atoms with Crippen LogP contribution in [0.1, 0.15) is 18.6 Å². The Hall–Kier alpha value is -2.31. The molecule has 1 aromatic carbocycles. The van der Waals surface area contributed by atoms with Crippen molar-refractivity contribution in [2.45, 2.75) is 18.9 Å². The van der Waals surface area contributed by atoms with Crippen LogP contribution >= 0.6 is 11.6 Å². The summed E-state index contributed by atoms with van der Waals surface area (Å²) in [5.41, 5.74) is 1.37. The number of aromatic nitrogens is 1. The van der Waals surface area contributed by atoms with Crippen LogP contribution in [0.3, 0.4) is 0 Å². The molecule has 0 unspecified atom stereocenters. The van der Waals surface area contributed by atoms with Crippen LogP contribution in [0.5, 0.6) is 0 Å². The molecule has 0 saturated carbocycles. The molecule has 6 nitrogen and oxygen atoms in total. The van der Waals surface area contributed by atoms with Crippen molar-refractivity contribution in [1.29, 1.82) is 0 Å². The minimum Gasteiger partial charge on any atom is -0.392 e. The summed E-state index contributed by atoms with van der Waals surface area (Å²) in [6.45, 7) is 4.24. The molecule has 3 rings (SSSR count). The van der Waals surface area contributed by atoms with Gasteiger partial charge in [0, 0.05) is 28.9 Å². The number of hydrogen-bond acceptors (Lipinski definition) is 5. The molecular formula is C17H18ClN3O3. The lowest BCUT2D eigenvalue weighted by molar-refractivity contribution is -0.117. The molecule has 1 saturated heterocycles. The van der Waals surface area contributed by atoms with Crippen molar-refractivity contribution >= 4 is 34.6 Å². The molecule has 1 fully saturated rings. The number of halogens is 1. The van der Waals surface area contributed by atoms with E-state index in [0.717, 1.165) is 25.1 Å². The number of carbonyl (C=O) groups is 1. The summed E-state index contributed by atoms with van der Waals surface area (Å²) in [4.78, 5) is 14.6. The summed E-state index contributed by atoms with van der Waals surface area (Å²) < 4.78 is 5.05. The van der Waals surface area contributed by atoms with Gasteiger partial charge in [-0.1, -0.05) is 23.3 Å². The predicted octanol–water partition coefficient (Wildman–Crippen LogP) is 2.94. The molecule has 0 bridgehead atoms. The molecule has 2 heterocycles. The molecule has 1 aliphatic rings. The maximum Gasteiger partial charge on any atom is 0.248 e. The highest BCUT2D eigenvalue weighted by Crippen LogP contribution is 2.27. The molecule has 0 aliphatic carbocycles. The third-order valence-corrected chi connectivity index (χ3v) is 4.27. The smallest absolute Gasteiger partial charge is 0.248 e. The number of hydrogen-bond donors (Lipinski definition) is 2. The first-order chi connectivity index (χ1) is 11.6. The second-order valence-electron chi connectivity index (χ2n) is 5.66. The molecular weight excluding hydrogens is 330 g/mol. The zero-order valence-electron chi connectivity index (χ0n) is 13.0. The van der Waals surface area contributed by atoms with Gasteiger partial charge in [0.25, 0.3) is 0 Å². The second-order valence-corrected chi connectivity index (χ2v) is 6.09. The first kappa shape index (κ1) is 16.5. The lowest BCUT2D eigenvalue weighted by Crippen LogP contribution is -2.39. The third-order valence-electron chi connectivity index (χ3n) is 4.01. The zero-order valence-corrected chi connectivity index (χ0v) is 13.8. The van der Waals surface area contributed by atoms with Crippen molar-refractivity contribution in [3.63, 3.8) is 0 Å². The molecule has 126 valence electrons. The summed E-state index contributed by atoms with van der Waals surface area (Å²) >= 11 is 5.92. The quantitative estimate of drug-likeness (QED) is 0.869. The standard InChI is InChI=1S/C17H18ClN3O3/c1-11(10-22)15-9-16(20-24-15)19-17(23)14-3-2-8-21(14)13-6-4-12(18)5-7-13/h4-7,9,14,22H,1-3,8,10H2,(H,19,20,23)/t14-/m0/s1. The minimum atomic E-state index is -0.271. The lowest BCUT2D eigenvalue weighted by atomic mass is 10.2. The van der Waals surface area contributed by atoms with Crippen LogP contribution in [0.4, 0.5) is 11.5 Å². The van der Waals surface area contributed by atoms with Gasteiger partial charge in [-0.15, -0.1) is 0 Å². The van der Waals surface area contributed by atoms with Crippen LogP contribution in [0.25, 0.3) is 5.57 Å². The second kappa shape index (κ2) is 7.07. The number of carbonyl (C=O) groups excluding carboxylic acids is 1. The number of aliphatic hydroxyl groups excluding tert-OH is 1. The van der Waals surface area contributed by atoms with Gasteiger partial charge in [0.1, 0.15) is 6.04 Å². The van der Waals surface area contributed by atoms with Crippen molar-refractivity contribution in [3.8, 4) is 0 Å². The van der Waals surface area contributed by atoms with E-state index >= 15 is 0 Å². The molecule has 2 aromatic rings. The molecule has 0 radical (unpaired) electrons. The Morgan fingerprint density at radius 3 is 2.92 bits per heavy atom. The predicted molar refractivity (Wildman–Crippen MR) is 93.1 cm³/mol. The van der Waals surface area contributed by atoms with Gasteiger partial charge in [-0.2, -0.15) is 0 Å². The largest absolute Gasteiger partial charge is 0.392 e. The van der Waals surface area contributed by atoms with E-state index in [1.807, 2.05) is 24.3 Å². The van der Waals surface area contributed by atoms with Crippen molar-refractivity contribution in [3.05, 3.63) is 47.7 Å². The monoisotopic (exact) mass is 347 g/mol. The molecule has 0 spiro atoms. The first-order valence-electron chi connectivity index (χ1n) is 7.67. The Morgan fingerprint density at radius 2 is 2.21 bits per heavy atom. The molecule has 1 amide bonds. The van der Waals surface area contributed by atoms with E-state index in [9.17, 15) is 4.79 Å². The summed E-state index contributed by atoms with van der Waals surface area (Å²) in [5.74, 6) is 0.526. The summed E-state index contributed by atoms with van der Waals surface area (Å²) in [5, 5.41) is 16.3. The van der Waals surface area contributed by atoms with Crippen LogP contribution in [0.15, 0.2) is 41.4 Å². The van der Waals surface area contributed by atoms with Gasteiger partial charge in [0.15, 0.2) is 11.6 Å². The minimum absolute atomic E-state index is 0.142. The molecule has 7 heteroatoms. The number of aliphatic hydroxyl groups is 1. The van der Waals surface area contributed by atoms with Gasteiger partial charge in [-0.25, -0.2) is 0 Å². The van der Waals surface area contributed by atoms with Gasteiger partial charge in [0.2, 0.25) is 5.91 Å². The molecule has 1 aromatic heterocycles. The first-order valence-corrected chi connectivity index (χ1v) is 8.05. The van der Waals surface area contributed by atoms with Gasteiger partial charge in [0.05, 0.1) is 6.61 Å². The van der Waals surface area contributed by atoms with Crippen molar-refractivity contribution in [2.24, 2.45) is 0 Å². The fourth-order valence-corrected chi connectivity index (χ4v) is 2.90. The Labute approximate surface area is 144 Å². The van der Waals surface area contributed by atoms with Gasteiger partial charge < -0.3 is 19.8 Å². The Morgan fingerprint density at radius 1 is 1.46 bits per heavy atom. The van der Waals surface area contributed by atoms with Gasteiger partial charge >= 0.3 is 0 Å². The van der Waals surface area contributed by atoms with E-state index in [-0.39, 0.29) is 18.6 Å². The molecule has 1 atom stereocenters. The highest BCUT2D eigenvalue weighted by Gasteiger charge is 2.31. The van der Waals surface area contributed by atoms with Crippen LogP contribution in [0, 0.1) is 0 Å². The van der Waals surface area contributed by atoms with Crippen LogP contribution in [-0.2, 0) is 4.79 Å². The average molecular weight is 348 g/mol. The highest BCUT2D eigenvalue weighted by molar-refractivity contribution is 6.30. The number of rotatable bonds is 5. The zero-order chi connectivity index (χ0) is 17.1. The number of nitrogens with zero attached hydrogens (tertiary/aromatic N) is 2. The van der Waals surface area contributed by atoms with E-state index in [4.69, 9.17) is 21.2 Å². The number of anilines is 2. The third kappa shape index (κ3) is 3.44. The van der Waals surface area contributed by atoms with E-state index < -0.39 is 0 Å². The molecule has 1 aliphatic heterocycles. The van der Waals surface area contributed by atoms with E-state index in [0.29, 0.717) is 22.2 Å². The van der Waals surface area contributed by atoms with Crippen molar-refractivity contribution in [1.82, 2.24) is 5.16 Å². The number of amides is 1. The van der Waals surface area contributed by atoms with Gasteiger partial charge in [-0.05, 0) is 37.1 Å². The average Bonchev–Trinajstić information content (AvgIpc) is 3.24. The maximum absolute atomic E-state index is 12.6. The summed E-state index contributed by atoms with van der Waals surface area (Å²) in [6, 6.07) is 8.73. The Kier molecular flexibility index (Phi) is 4.87. The van der Waals surface area contributed by atoms with E-state index in [1.165, 1.54) is 0 Å². The highest BCUT2D eigenvalue weighted by atomic mass is 35.5. The number of benzene rings is 1.